The number of anilines is 1. The van der Waals surface area contributed by atoms with Crippen molar-refractivity contribution in [3.05, 3.63) is 59.7 Å². The minimum atomic E-state index is -0.432. The third-order valence-corrected chi connectivity index (χ3v) is 4.26. The molecule has 3 amide bonds. The number of carbonyl (C=O) groups is 3. The van der Waals surface area contributed by atoms with E-state index in [2.05, 4.69) is 5.32 Å². The fourth-order valence-electron chi connectivity index (χ4n) is 2.43. The predicted molar refractivity (Wildman–Crippen MR) is 88.7 cm³/mol. The van der Waals surface area contributed by atoms with E-state index >= 15 is 0 Å². The van der Waals surface area contributed by atoms with Crippen LogP contribution in [0.2, 0.25) is 0 Å². The maximum atomic E-state index is 12.2. The maximum Gasteiger partial charge on any atom is 0.262 e. The molecule has 23 heavy (non-hydrogen) atoms. The second-order valence-corrected chi connectivity index (χ2v) is 5.90. The van der Waals surface area contributed by atoms with Crippen LogP contribution in [0.3, 0.4) is 0 Å². The smallest absolute Gasteiger partial charge is 0.262 e. The lowest BCUT2D eigenvalue weighted by Gasteiger charge is -2.13. The molecule has 1 N–H and O–H groups in total. The van der Waals surface area contributed by atoms with E-state index < -0.39 is 17.7 Å². The van der Waals surface area contributed by atoms with E-state index in [0.29, 0.717) is 16.8 Å². The zero-order valence-corrected chi connectivity index (χ0v) is 13.2. The fourth-order valence-corrected chi connectivity index (χ4v) is 2.89. The highest BCUT2D eigenvalue weighted by molar-refractivity contribution is 7.98. The predicted octanol–water partition coefficient (Wildman–Crippen LogP) is 2.64. The molecule has 1 aliphatic rings. The molecule has 0 aliphatic carbocycles. The summed E-state index contributed by atoms with van der Waals surface area (Å²) in [7, 11) is 0. The van der Waals surface area contributed by atoms with Crippen LogP contribution in [-0.2, 0) is 4.79 Å². The van der Waals surface area contributed by atoms with E-state index in [1.165, 1.54) is 0 Å². The van der Waals surface area contributed by atoms with Crippen molar-refractivity contribution in [2.75, 3.05) is 18.1 Å². The van der Waals surface area contributed by atoms with Crippen molar-refractivity contribution < 1.29 is 14.4 Å². The molecule has 0 saturated heterocycles. The Hall–Kier alpha value is -2.60. The average molecular weight is 326 g/mol. The Balaban J connectivity index is 1.71. The molecule has 6 heteroatoms. The molecule has 5 nitrogen and oxygen atoms in total. The number of carbonyl (C=O) groups excluding carboxylic acids is 3. The van der Waals surface area contributed by atoms with E-state index in [0.717, 1.165) is 9.80 Å². The van der Waals surface area contributed by atoms with Gasteiger partial charge in [0.05, 0.1) is 11.1 Å². The number of rotatable bonds is 4. The summed E-state index contributed by atoms with van der Waals surface area (Å²) < 4.78 is 0. The fraction of sp³-hybridized carbons (Fsp3) is 0.118. The van der Waals surface area contributed by atoms with Gasteiger partial charge in [-0.05, 0) is 36.6 Å². The summed E-state index contributed by atoms with van der Waals surface area (Å²) in [6.45, 7) is -0.296. The van der Waals surface area contributed by atoms with Crippen LogP contribution >= 0.6 is 11.8 Å². The average Bonchev–Trinajstić information content (AvgIpc) is 2.80. The van der Waals surface area contributed by atoms with Gasteiger partial charge in [-0.3, -0.25) is 19.3 Å². The van der Waals surface area contributed by atoms with Crippen molar-refractivity contribution >= 4 is 35.2 Å². The molecule has 3 rings (SSSR count). The number of thioether (sulfide) groups is 1. The van der Waals surface area contributed by atoms with Gasteiger partial charge in [0.15, 0.2) is 0 Å². The van der Waals surface area contributed by atoms with E-state index in [4.69, 9.17) is 0 Å². The first-order chi connectivity index (χ1) is 11.1. The number of nitrogens with zero attached hydrogens (tertiary/aromatic N) is 1. The second-order valence-electron chi connectivity index (χ2n) is 5.02. The third-order valence-electron chi connectivity index (χ3n) is 3.53. The van der Waals surface area contributed by atoms with Gasteiger partial charge in [0, 0.05) is 10.6 Å². The van der Waals surface area contributed by atoms with Gasteiger partial charge in [-0.1, -0.05) is 18.2 Å². The number of benzene rings is 2. The molecule has 0 radical (unpaired) electrons. The zero-order valence-electron chi connectivity index (χ0n) is 12.4. The third kappa shape index (κ3) is 2.98. The summed E-state index contributed by atoms with van der Waals surface area (Å²) in [6, 6.07) is 14.0. The van der Waals surface area contributed by atoms with Gasteiger partial charge in [-0.2, -0.15) is 0 Å². The Morgan fingerprint density at radius 3 is 2.30 bits per heavy atom. The van der Waals surface area contributed by atoms with E-state index in [1.54, 1.807) is 42.1 Å². The first-order valence-corrected chi connectivity index (χ1v) is 8.22. The van der Waals surface area contributed by atoms with Crippen molar-refractivity contribution in [1.82, 2.24) is 4.90 Å². The van der Waals surface area contributed by atoms with E-state index in [9.17, 15) is 14.4 Å². The van der Waals surface area contributed by atoms with Crippen LogP contribution in [0.25, 0.3) is 0 Å². The van der Waals surface area contributed by atoms with Crippen LogP contribution in [-0.4, -0.2) is 35.4 Å². The van der Waals surface area contributed by atoms with Gasteiger partial charge >= 0.3 is 0 Å². The number of hydrogen-bond acceptors (Lipinski definition) is 4. The van der Waals surface area contributed by atoms with Gasteiger partial charge in [0.1, 0.15) is 6.54 Å². The summed E-state index contributed by atoms with van der Waals surface area (Å²) in [5, 5.41) is 2.71. The molecule has 0 fully saturated rings. The molecule has 0 spiro atoms. The van der Waals surface area contributed by atoms with Crippen LogP contribution in [0.4, 0.5) is 5.69 Å². The molecule has 2 aromatic rings. The summed E-state index contributed by atoms with van der Waals surface area (Å²) in [5.74, 6) is -1.27. The summed E-state index contributed by atoms with van der Waals surface area (Å²) >= 11 is 1.57. The molecule has 2 aromatic carbocycles. The Labute approximate surface area is 137 Å². The van der Waals surface area contributed by atoms with Gasteiger partial charge in [-0.25, -0.2) is 0 Å². The largest absolute Gasteiger partial charge is 0.324 e. The molecular weight excluding hydrogens is 312 g/mol. The Bertz CT molecular complexity index is 769. The first kappa shape index (κ1) is 15.3. The minimum absolute atomic E-state index is 0.296. The van der Waals surface area contributed by atoms with Gasteiger partial charge < -0.3 is 5.32 Å². The summed E-state index contributed by atoms with van der Waals surface area (Å²) in [4.78, 5) is 38.6. The monoisotopic (exact) mass is 326 g/mol. The lowest BCUT2D eigenvalue weighted by Crippen LogP contribution is -2.37. The van der Waals surface area contributed by atoms with E-state index in [-0.39, 0.29) is 6.54 Å². The van der Waals surface area contributed by atoms with Crippen molar-refractivity contribution in [3.8, 4) is 0 Å². The molecule has 116 valence electrons. The lowest BCUT2D eigenvalue weighted by atomic mass is 10.1. The van der Waals surface area contributed by atoms with Gasteiger partial charge in [0.25, 0.3) is 11.8 Å². The molecule has 1 aliphatic heterocycles. The number of amides is 3. The molecule has 0 atom stereocenters. The SMILES string of the molecule is CSc1cccc(NC(=O)CN2C(=O)c3ccccc3C2=O)c1. The van der Waals surface area contributed by atoms with Crippen molar-refractivity contribution in [2.45, 2.75) is 4.90 Å². The molecule has 0 saturated carbocycles. The zero-order chi connectivity index (χ0) is 16.4. The number of hydrogen-bond donors (Lipinski definition) is 1. The highest BCUT2D eigenvalue weighted by atomic mass is 32.2. The Morgan fingerprint density at radius 1 is 1.04 bits per heavy atom. The highest BCUT2D eigenvalue weighted by Crippen LogP contribution is 2.23. The molecule has 0 bridgehead atoms. The summed E-state index contributed by atoms with van der Waals surface area (Å²) in [5.41, 5.74) is 1.32. The summed E-state index contributed by atoms with van der Waals surface area (Å²) in [6.07, 6.45) is 1.94. The quantitative estimate of drug-likeness (QED) is 0.693. The van der Waals surface area contributed by atoms with E-state index in [1.807, 2.05) is 24.5 Å². The first-order valence-electron chi connectivity index (χ1n) is 6.99. The maximum absolute atomic E-state index is 12.2. The molecule has 0 aromatic heterocycles. The van der Waals surface area contributed by atoms with Crippen LogP contribution in [0.5, 0.6) is 0 Å². The molecule has 1 heterocycles. The van der Waals surface area contributed by atoms with Crippen molar-refractivity contribution in [3.63, 3.8) is 0 Å². The normalized spacial score (nSPS) is 13.2. The number of nitrogens with one attached hydrogen (secondary N) is 1. The Kier molecular flexibility index (Phi) is 4.16. The number of imide groups is 1. The topological polar surface area (TPSA) is 66.5 Å². The van der Waals surface area contributed by atoms with Crippen LogP contribution in [0, 0.1) is 0 Å². The molecular formula is C17H14N2O3S. The number of fused-ring (bicyclic) bond motifs is 1. The van der Waals surface area contributed by atoms with Crippen LogP contribution in [0.15, 0.2) is 53.4 Å². The van der Waals surface area contributed by atoms with Gasteiger partial charge in [0.2, 0.25) is 5.91 Å². The standard InChI is InChI=1S/C17H14N2O3S/c1-23-12-6-4-5-11(9-12)18-15(20)10-19-16(21)13-7-2-3-8-14(13)17(19)22/h2-9H,10H2,1H3,(H,18,20). The highest BCUT2D eigenvalue weighted by Gasteiger charge is 2.36. The van der Waals surface area contributed by atoms with Crippen LogP contribution < -0.4 is 5.32 Å². The lowest BCUT2D eigenvalue weighted by molar-refractivity contribution is -0.116. The Morgan fingerprint density at radius 2 is 1.70 bits per heavy atom. The second kappa shape index (κ2) is 6.26. The van der Waals surface area contributed by atoms with Crippen LogP contribution in [0.1, 0.15) is 20.7 Å². The van der Waals surface area contributed by atoms with Gasteiger partial charge in [-0.15, -0.1) is 11.8 Å². The minimum Gasteiger partial charge on any atom is -0.324 e. The molecule has 0 unspecified atom stereocenters. The van der Waals surface area contributed by atoms with Crippen molar-refractivity contribution in [1.29, 1.82) is 0 Å². The van der Waals surface area contributed by atoms with Crippen molar-refractivity contribution in [2.24, 2.45) is 0 Å².